The van der Waals surface area contributed by atoms with E-state index in [1.165, 1.54) is 51.1 Å². The van der Waals surface area contributed by atoms with Crippen LogP contribution in [-0.4, -0.2) is 47.6 Å². The minimum absolute atomic E-state index is 0.733. The Balaban J connectivity index is 1.78. The molecule has 3 unspecified atom stereocenters. The quantitative estimate of drug-likeness (QED) is 0.827. The van der Waals surface area contributed by atoms with Crippen molar-refractivity contribution in [2.45, 2.75) is 63.8 Å². The van der Waals surface area contributed by atoms with E-state index in [0.29, 0.717) is 0 Å². The number of rotatable bonds is 5. The summed E-state index contributed by atoms with van der Waals surface area (Å²) in [5, 5.41) is 4.64. The highest BCUT2D eigenvalue weighted by molar-refractivity contribution is 7.99. The second kappa shape index (κ2) is 7.16. The molecule has 106 valence electrons. The SMILES string of the molecule is CCSC1CCC(N2CCNC(CC(C)C)C2)C1. The van der Waals surface area contributed by atoms with Crippen molar-refractivity contribution in [2.75, 3.05) is 25.4 Å². The van der Waals surface area contributed by atoms with E-state index < -0.39 is 0 Å². The summed E-state index contributed by atoms with van der Waals surface area (Å²) in [6.45, 7) is 10.7. The molecule has 0 amide bonds. The molecule has 1 heterocycles. The lowest BCUT2D eigenvalue weighted by Crippen LogP contribution is -2.53. The van der Waals surface area contributed by atoms with Crippen LogP contribution in [0.25, 0.3) is 0 Å². The minimum Gasteiger partial charge on any atom is -0.311 e. The number of hydrogen-bond donors (Lipinski definition) is 1. The predicted octanol–water partition coefficient (Wildman–Crippen LogP) is 2.98. The van der Waals surface area contributed by atoms with Gasteiger partial charge in [-0.1, -0.05) is 20.8 Å². The molecule has 1 saturated heterocycles. The Morgan fingerprint density at radius 2 is 2.17 bits per heavy atom. The molecule has 1 saturated carbocycles. The van der Waals surface area contributed by atoms with Crippen LogP contribution in [0.3, 0.4) is 0 Å². The van der Waals surface area contributed by atoms with Crippen molar-refractivity contribution < 1.29 is 0 Å². The van der Waals surface area contributed by atoms with E-state index in [0.717, 1.165) is 23.3 Å². The van der Waals surface area contributed by atoms with Crippen LogP contribution in [-0.2, 0) is 0 Å². The smallest absolute Gasteiger partial charge is 0.0198 e. The van der Waals surface area contributed by atoms with Crippen molar-refractivity contribution in [3.8, 4) is 0 Å². The first kappa shape index (κ1) is 14.7. The molecular weight excluding hydrogens is 240 g/mol. The summed E-state index contributed by atoms with van der Waals surface area (Å²) in [6, 6.07) is 1.61. The number of nitrogens with one attached hydrogen (secondary N) is 1. The molecule has 0 spiro atoms. The molecule has 2 nitrogen and oxygen atoms in total. The molecule has 2 rings (SSSR count). The maximum absolute atomic E-state index is 3.69. The fourth-order valence-corrected chi connectivity index (χ4v) is 4.68. The van der Waals surface area contributed by atoms with E-state index in [1.54, 1.807) is 0 Å². The zero-order valence-corrected chi connectivity index (χ0v) is 13.1. The Morgan fingerprint density at radius 3 is 2.89 bits per heavy atom. The van der Waals surface area contributed by atoms with Gasteiger partial charge in [0.25, 0.3) is 0 Å². The van der Waals surface area contributed by atoms with Crippen molar-refractivity contribution >= 4 is 11.8 Å². The van der Waals surface area contributed by atoms with Crippen LogP contribution in [0.1, 0.15) is 46.5 Å². The van der Waals surface area contributed by atoms with Crippen molar-refractivity contribution in [1.82, 2.24) is 10.2 Å². The molecule has 1 aliphatic heterocycles. The third kappa shape index (κ3) is 4.14. The molecule has 0 aromatic heterocycles. The van der Waals surface area contributed by atoms with Crippen LogP contribution in [0, 0.1) is 5.92 Å². The zero-order chi connectivity index (χ0) is 13.0. The van der Waals surface area contributed by atoms with Crippen LogP contribution in [0.5, 0.6) is 0 Å². The van der Waals surface area contributed by atoms with Gasteiger partial charge in [-0.25, -0.2) is 0 Å². The molecule has 18 heavy (non-hydrogen) atoms. The molecular formula is C15H30N2S. The molecule has 3 heteroatoms. The normalized spacial score (nSPS) is 34.3. The third-order valence-corrected chi connectivity index (χ3v) is 5.55. The van der Waals surface area contributed by atoms with Gasteiger partial charge < -0.3 is 5.32 Å². The highest BCUT2D eigenvalue weighted by atomic mass is 32.2. The van der Waals surface area contributed by atoms with Crippen molar-refractivity contribution in [3.63, 3.8) is 0 Å². The molecule has 3 atom stereocenters. The van der Waals surface area contributed by atoms with Crippen molar-refractivity contribution in [2.24, 2.45) is 5.92 Å². The summed E-state index contributed by atoms with van der Waals surface area (Å²) in [4.78, 5) is 2.78. The van der Waals surface area contributed by atoms with E-state index in [-0.39, 0.29) is 0 Å². The molecule has 0 aromatic rings. The average molecular weight is 270 g/mol. The monoisotopic (exact) mass is 270 g/mol. The van der Waals surface area contributed by atoms with Gasteiger partial charge in [-0.3, -0.25) is 4.90 Å². The number of nitrogens with zero attached hydrogens (tertiary/aromatic N) is 1. The summed E-state index contributed by atoms with van der Waals surface area (Å²) < 4.78 is 0. The van der Waals surface area contributed by atoms with E-state index in [1.807, 2.05) is 0 Å². The van der Waals surface area contributed by atoms with Gasteiger partial charge in [0.15, 0.2) is 0 Å². The Morgan fingerprint density at radius 1 is 1.33 bits per heavy atom. The summed E-state index contributed by atoms with van der Waals surface area (Å²) >= 11 is 2.18. The van der Waals surface area contributed by atoms with Crippen LogP contribution in [0.15, 0.2) is 0 Å². The Bertz CT molecular complexity index is 245. The third-order valence-electron chi connectivity index (χ3n) is 4.32. The molecule has 0 radical (unpaired) electrons. The lowest BCUT2D eigenvalue weighted by atomic mass is 10.0. The number of thioether (sulfide) groups is 1. The highest BCUT2D eigenvalue weighted by Crippen LogP contribution is 2.33. The van der Waals surface area contributed by atoms with E-state index in [2.05, 4.69) is 42.7 Å². The average Bonchev–Trinajstić information content (AvgIpc) is 2.78. The molecule has 1 aliphatic carbocycles. The van der Waals surface area contributed by atoms with E-state index in [9.17, 15) is 0 Å². The highest BCUT2D eigenvalue weighted by Gasteiger charge is 2.31. The van der Waals surface area contributed by atoms with Gasteiger partial charge in [-0.2, -0.15) is 11.8 Å². The lowest BCUT2D eigenvalue weighted by Gasteiger charge is -2.38. The van der Waals surface area contributed by atoms with Crippen LogP contribution < -0.4 is 5.32 Å². The van der Waals surface area contributed by atoms with Crippen LogP contribution in [0.4, 0.5) is 0 Å². The summed E-state index contributed by atoms with van der Waals surface area (Å²) in [7, 11) is 0. The maximum Gasteiger partial charge on any atom is 0.0198 e. The molecule has 2 fully saturated rings. The van der Waals surface area contributed by atoms with Crippen molar-refractivity contribution in [3.05, 3.63) is 0 Å². The van der Waals surface area contributed by atoms with Gasteiger partial charge in [0.2, 0.25) is 0 Å². The molecule has 2 aliphatic rings. The predicted molar refractivity (Wildman–Crippen MR) is 82.4 cm³/mol. The van der Waals surface area contributed by atoms with Crippen LogP contribution >= 0.6 is 11.8 Å². The standard InChI is InChI=1S/C15H30N2S/c1-4-18-15-6-5-14(10-15)17-8-7-16-13(11-17)9-12(2)3/h12-16H,4-11H2,1-3H3. The van der Waals surface area contributed by atoms with Gasteiger partial charge in [-0.15, -0.1) is 0 Å². The van der Waals surface area contributed by atoms with E-state index in [4.69, 9.17) is 0 Å². The first-order valence-corrected chi connectivity index (χ1v) is 8.83. The van der Waals surface area contributed by atoms with Gasteiger partial charge in [0.05, 0.1) is 0 Å². The summed E-state index contributed by atoms with van der Waals surface area (Å²) in [5.41, 5.74) is 0. The lowest BCUT2D eigenvalue weighted by molar-refractivity contribution is 0.137. The largest absolute Gasteiger partial charge is 0.311 e. The topological polar surface area (TPSA) is 15.3 Å². The minimum atomic E-state index is 0.733. The fraction of sp³-hybridized carbons (Fsp3) is 1.00. The Labute approximate surface area is 117 Å². The zero-order valence-electron chi connectivity index (χ0n) is 12.3. The summed E-state index contributed by atoms with van der Waals surface area (Å²) in [6.07, 6.45) is 5.65. The second-order valence-electron chi connectivity index (χ2n) is 6.32. The molecule has 0 aromatic carbocycles. The second-order valence-corrected chi connectivity index (χ2v) is 7.90. The Hall–Kier alpha value is 0.270. The van der Waals surface area contributed by atoms with Gasteiger partial charge in [0.1, 0.15) is 0 Å². The first-order chi connectivity index (χ1) is 8.69. The van der Waals surface area contributed by atoms with Gasteiger partial charge >= 0.3 is 0 Å². The number of piperazine rings is 1. The van der Waals surface area contributed by atoms with Crippen LogP contribution in [0.2, 0.25) is 0 Å². The number of hydrogen-bond acceptors (Lipinski definition) is 3. The maximum atomic E-state index is 3.69. The van der Waals surface area contributed by atoms with Crippen molar-refractivity contribution in [1.29, 1.82) is 0 Å². The molecule has 1 N–H and O–H groups in total. The van der Waals surface area contributed by atoms with E-state index >= 15 is 0 Å². The van der Waals surface area contributed by atoms with Gasteiger partial charge in [0, 0.05) is 37.0 Å². The summed E-state index contributed by atoms with van der Waals surface area (Å²) in [5.74, 6) is 2.10. The first-order valence-electron chi connectivity index (χ1n) is 7.78. The molecule has 0 bridgehead atoms. The Kier molecular flexibility index (Phi) is 5.84. The van der Waals surface area contributed by atoms with Gasteiger partial charge in [-0.05, 0) is 37.4 Å². The fourth-order valence-electron chi connectivity index (χ4n) is 3.55.